The standard InChI is InChI=1S/C13H16Cl2N2O/c14-11-7-6-10(12(15)17-11)13(18)16-8-9-4-2-1-3-5-9/h6-7,9H,1-5,8H2,(H,16,18). The molecular formula is C13H16Cl2N2O. The van der Waals surface area contributed by atoms with Gasteiger partial charge < -0.3 is 5.32 Å². The second-order valence-corrected chi connectivity index (χ2v) is 5.43. The average molecular weight is 287 g/mol. The number of hydrogen-bond donors (Lipinski definition) is 1. The maximum Gasteiger partial charge on any atom is 0.254 e. The van der Waals surface area contributed by atoms with Crippen LogP contribution in [0.25, 0.3) is 0 Å². The maximum atomic E-state index is 11.9. The van der Waals surface area contributed by atoms with Gasteiger partial charge in [0.2, 0.25) is 0 Å². The van der Waals surface area contributed by atoms with Crippen LogP contribution in [0, 0.1) is 5.92 Å². The lowest BCUT2D eigenvalue weighted by molar-refractivity contribution is 0.0943. The van der Waals surface area contributed by atoms with Gasteiger partial charge in [0.05, 0.1) is 5.56 Å². The Hall–Kier alpha value is -0.800. The van der Waals surface area contributed by atoms with Crippen molar-refractivity contribution in [2.24, 2.45) is 5.92 Å². The normalized spacial score (nSPS) is 16.6. The van der Waals surface area contributed by atoms with Crippen LogP contribution in [-0.2, 0) is 0 Å². The Morgan fingerprint density at radius 1 is 1.28 bits per heavy atom. The molecule has 0 unspecified atom stereocenters. The molecule has 1 fully saturated rings. The number of pyridine rings is 1. The minimum atomic E-state index is -0.172. The summed E-state index contributed by atoms with van der Waals surface area (Å²) in [6.07, 6.45) is 6.25. The van der Waals surface area contributed by atoms with Crippen LogP contribution >= 0.6 is 23.2 Å². The summed E-state index contributed by atoms with van der Waals surface area (Å²) in [6.45, 7) is 0.720. The van der Waals surface area contributed by atoms with E-state index in [1.807, 2.05) is 0 Å². The predicted octanol–water partition coefficient (Wildman–Crippen LogP) is 3.70. The fraction of sp³-hybridized carbons (Fsp3) is 0.538. The van der Waals surface area contributed by atoms with Crippen molar-refractivity contribution in [3.63, 3.8) is 0 Å². The highest BCUT2D eigenvalue weighted by Crippen LogP contribution is 2.23. The van der Waals surface area contributed by atoms with Crippen molar-refractivity contribution in [2.45, 2.75) is 32.1 Å². The number of amides is 1. The number of nitrogens with one attached hydrogen (secondary N) is 1. The van der Waals surface area contributed by atoms with Crippen molar-refractivity contribution in [2.75, 3.05) is 6.54 Å². The van der Waals surface area contributed by atoms with Crippen molar-refractivity contribution < 1.29 is 4.79 Å². The van der Waals surface area contributed by atoms with Crippen LogP contribution in [0.3, 0.4) is 0 Å². The van der Waals surface area contributed by atoms with Gasteiger partial charge in [-0.2, -0.15) is 0 Å². The molecule has 1 aliphatic carbocycles. The van der Waals surface area contributed by atoms with Gasteiger partial charge in [-0.25, -0.2) is 4.98 Å². The van der Waals surface area contributed by atoms with E-state index in [2.05, 4.69) is 10.3 Å². The zero-order valence-corrected chi connectivity index (χ0v) is 11.6. The molecule has 0 spiro atoms. The van der Waals surface area contributed by atoms with Crippen molar-refractivity contribution in [3.05, 3.63) is 28.0 Å². The largest absolute Gasteiger partial charge is 0.352 e. The highest BCUT2D eigenvalue weighted by Gasteiger charge is 2.16. The first-order valence-electron chi connectivity index (χ1n) is 6.27. The van der Waals surface area contributed by atoms with E-state index in [-0.39, 0.29) is 11.1 Å². The molecule has 2 rings (SSSR count). The molecule has 0 aromatic carbocycles. The molecule has 1 aromatic rings. The average Bonchev–Trinajstić information content (AvgIpc) is 2.37. The van der Waals surface area contributed by atoms with E-state index >= 15 is 0 Å². The number of hydrogen-bond acceptors (Lipinski definition) is 2. The molecule has 98 valence electrons. The highest BCUT2D eigenvalue weighted by molar-refractivity contribution is 6.34. The summed E-state index contributed by atoms with van der Waals surface area (Å²) in [4.78, 5) is 15.8. The molecule has 18 heavy (non-hydrogen) atoms. The molecule has 0 atom stereocenters. The summed E-state index contributed by atoms with van der Waals surface area (Å²) in [5.74, 6) is 0.427. The van der Waals surface area contributed by atoms with Gasteiger partial charge in [0.15, 0.2) is 0 Å². The third kappa shape index (κ3) is 3.59. The van der Waals surface area contributed by atoms with Crippen LogP contribution in [0.2, 0.25) is 10.3 Å². The zero-order chi connectivity index (χ0) is 13.0. The lowest BCUT2D eigenvalue weighted by atomic mass is 9.89. The number of halogens is 2. The van der Waals surface area contributed by atoms with Gasteiger partial charge in [0.25, 0.3) is 5.91 Å². The van der Waals surface area contributed by atoms with Gasteiger partial charge in [0, 0.05) is 6.54 Å². The molecule has 1 amide bonds. The second-order valence-electron chi connectivity index (χ2n) is 4.69. The predicted molar refractivity (Wildman–Crippen MR) is 73.2 cm³/mol. The molecule has 1 saturated carbocycles. The van der Waals surface area contributed by atoms with E-state index in [4.69, 9.17) is 23.2 Å². The van der Waals surface area contributed by atoms with Crippen LogP contribution in [0.1, 0.15) is 42.5 Å². The van der Waals surface area contributed by atoms with Crippen molar-refractivity contribution >= 4 is 29.1 Å². The second kappa shape index (κ2) is 6.39. The van der Waals surface area contributed by atoms with Gasteiger partial charge in [-0.1, -0.05) is 42.5 Å². The Morgan fingerprint density at radius 3 is 2.67 bits per heavy atom. The van der Waals surface area contributed by atoms with Gasteiger partial charge >= 0.3 is 0 Å². The van der Waals surface area contributed by atoms with Gasteiger partial charge in [-0.3, -0.25) is 4.79 Å². The summed E-state index contributed by atoms with van der Waals surface area (Å²) < 4.78 is 0. The van der Waals surface area contributed by atoms with Crippen LogP contribution in [0.15, 0.2) is 12.1 Å². The summed E-state index contributed by atoms with van der Waals surface area (Å²) in [7, 11) is 0. The van der Waals surface area contributed by atoms with Crippen molar-refractivity contribution in [3.8, 4) is 0 Å². The number of rotatable bonds is 3. The Labute approximate surface area is 117 Å². The molecule has 0 saturated heterocycles. The molecule has 1 aliphatic rings. The number of aromatic nitrogens is 1. The van der Waals surface area contributed by atoms with Gasteiger partial charge in [-0.15, -0.1) is 0 Å². The smallest absolute Gasteiger partial charge is 0.254 e. The third-order valence-electron chi connectivity index (χ3n) is 3.34. The Bertz CT molecular complexity index is 431. The third-order valence-corrected chi connectivity index (χ3v) is 3.83. The molecule has 5 heteroatoms. The Morgan fingerprint density at radius 2 is 2.00 bits per heavy atom. The molecule has 3 nitrogen and oxygen atoms in total. The van der Waals surface area contributed by atoms with E-state index in [1.54, 1.807) is 12.1 Å². The lowest BCUT2D eigenvalue weighted by Gasteiger charge is -2.21. The van der Waals surface area contributed by atoms with Crippen LogP contribution in [0.5, 0.6) is 0 Å². The van der Waals surface area contributed by atoms with E-state index < -0.39 is 0 Å². The van der Waals surface area contributed by atoms with Crippen LogP contribution in [-0.4, -0.2) is 17.4 Å². The number of carbonyl (C=O) groups excluding carboxylic acids is 1. The first kappa shape index (κ1) is 13.6. The number of nitrogens with zero attached hydrogens (tertiary/aromatic N) is 1. The molecule has 1 aromatic heterocycles. The van der Waals surface area contributed by atoms with E-state index in [0.29, 0.717) is 16.6 Å². The van der Waals surface area contributed by atoms with Gasteiger partial charge in [-0.05, 0) is 30.9 Å². The Balaban J connectivity index is 1.90. The van der Waals surface area contributed by atoms with E-state index in [9.17, 15) is 4.79 Å². The summed E-state index contributed by atoms with van der Waals surface area (Å²) in [5, 5.41) is 3.37. The fourth-order valence-electron chi connectivity index (χ4n) is 2.31. The van der Waals surface area contributed by atoms with Gasteiger partial charge in [0.1, 0.15) is 10.3 Å². The first-order chi connectivity index (χ1) is 8.66. The van der Waals surface area contributed by atoms with E-state index in [0.717, 1.165) is 6.54 Å². The lowest BCUT2D eigenvalue weighted by Crippen LogP contribution is -2.30. The molecule has 0 bridgehead atoms. The van der Waals surface area contributed by atoms with Crippen molar-refractivity contribution in [1.29, 1.82) is 0 Å². The molecule has 0 aliphatic heterocycles. The summed E-state index contributed by atoms with van der Waals surface area (Å²) in [5.41, 5.74) is 0.386. The molecule has 1 N–H and O–H groups in total. The quantitative estimate of drug-likeness (QED) is 0.861. The fourth-order valence-corrected chi connectivity index (χ4v) is 2.74. The molecular weight excluding hydrogens is 271 g/mol. The minimum Gasteiger partial charge on any atom is -0.352 e. The maximum absolute atomic E-state index is 11.9. The molecule has 0 radical (unpaired) electrons. The SMILES string of the molecule is O=C(NCC1CCCCC1)c1ccc(Cl)nc1Cl. The zero-order valence-electron chi connectivity index (χ0n) is 10.1. The molecule has 1 heterocycles. The minimum absolute atomic E-state index is 0.156. The van der Waals surface area contributed by atoms with Crippen molar-refractivity contribution in [1.82, 2.24) is 10.3 Å². The summed E-state index contributed by atoms with van der Waals surface area (Å²) >= 11 is 11.6. The highest BCUT2D eigenvalue weighted by atomic mass is 35.5. The first-order valence-corrected chi connectivity index (χ1v) is 7.02. The number of carbonyl (C=O) groups is 1. The Kier molecular flexibility index (Phi) is 4.84. The van der Waals surface area contributed by atoms with E-state index in [1.165, 1.54) is 32.1 Å². The van der Waals surface area contributed by atoms with Crippen LogP contribution < -0.4 is 5.32 Å². The topological polar surface area (TPSA) is 42.0 Å². The summed E-state index contributed by atoms with van der Waals surface area (Å²) in [6, 6.07) is 3.18. The van der Waals surface area contributed by atoms with Crippen LogP contribution in [0.4, 0.5) is 0 Å². The monoisotopic (exact) mass is 286 g/mol.